The molecule has 1 aliphatic carbocycles. The number of carbonyl (C=O) groups is 1. The Kier molecular flexibility index (Phi) is 3.69. The summed E-state index contributed by atoms with van der Waals surface area (Å²) in [6.45, 7) is 2.81. The average Bonchev–Trinajstić information content (AvgIpc) is 3.07. The Balaban J connectivity index is 1.81. The summed E-state index contributed by atoms with van der Waals surface area (Å²) in [4.78, 5) is 14.8. The van der Waals surface area contributed by atoms with Crippen LogP contribution in [0.5, 0.6) is 0 Å². The second-order valence-corrected chi connectivity index (χ2v) is 5.58. The zero-order valence-corrected chi connectivity index (χ0v) is 11.1. The minimum Gasteiger partial charge on any atom is -0.397 e. The zero-order valence-electron chi connectivity index (χ0n) is 10.3. The summed E-state index contributed by atoms with van der Waals surface area (Å²) in [5.41, 5.74) is 6.27. The molecule has 1 aromatic rings. The van der Waals surface area contributed by atoms with Gasteiger partial charge in [0.1, 0.15) is 4.88 Å². The first-order valence-corrected chi connectivity index (χ1v) is 6.80. The van der Waals surface area contributed by atoms with Crippen LogP contribution in [0.2, 0.25) is 0 Å². The number of anilines is 1. The lowest BCUT2D eigenvalue weighted by atomic mass is 10.3. The maximum atomic E-state index is 11.8. The van der Waals surface area contributed by atoms with Crippen LogP contribution in [0.4, 0.5) is 5.69 Å². The Labute approximate surface area is 106 Å². The van der Waals surface area contributed by atoms with E-state index in [4.69, 9.17) is 5.73 Å². The molecule has 0 aliphatic heterocycles. The van der Waals surface area contributed by atoms with Crippen molar-refractivity contribution >= 4 is 22.9 Å². The molecule has 3 N–H and O–H groups in total. The molecule has 5 heteroatoms. The molecule has 1 aromatic heterocycles. The van der Waals surface area contributed by atoms with E-state index in [2.05, 4.69) is 24.2 Å². The molecule has 1 unspecified atom stereocenters. The lowest BCUT2D eigenvalue weighted by molar-refractivity contribution is 0.0944. The molecule has 1 heterocycles. The zero-order chi connectivity index (χ0) is 12.4. The highest BCUT2D eigenvalue weighted by Crippen LogP contribution is 2.26. The van der Waals surface area contributed by atoms with Crippen LogP contribution in [0.25, 0.3) is 0 Å². The number of nitrogens with two attached hydrogens (primary N) is 1. The van der Waals surface area contributed by atoms with Gasteiger partial charge in [-0.3, -0.25) is 9.69 Å². The summed E-state index contributed by atoms with van der Waals surface area (Å²) in [6.07, 6.45) is 2.57. The summed E-state index contributed by atoms with van der Waals surface area (Å²) < 4.78 is 0. The van der Waals surface area contributed by atoms with Crippen molar-refractivity contribution in [2.24, 2.45) is 0 Å². The molecule has 0 saturated heterocycles. The van der Waals surface area contributed by atoms with E-state index in [1.807, 2.05) is 5.38 Å². The number of rotatable bonds is 5. The first-order chi connectivity index (χ1) is 8.09. The van der Waals surface area contributed by atoms with Crippen molar-refractivity contribution in [3.05, 3.63) is 16.3 Å². The van der Waals surface area contributed by atoms with E-state index in [9.17, 15) is 4.79 Å². The van der Waals surface area contributed by atoms with Gasteiger partial charge in [-0.05, 0) is 38.3 Å². The van der Waals surface area contributed by atoms with Gasteiger partial charge in [0, 0.05) is 18.6 Å². The van der Waals surface area contributed by atoms with Gasteiger partial charge in [0.15, 0.2) is 0 Å². The van der Waals surface area contributed by atoms with Gasteiger partial charge in [-0.2, -0.15) is 0 Å². The van der Waals surface area contributed by atoms with Crippen molar-refractivity contribution in [2.45, 2.75) is 31.8 Å². The van der Waals surface area contributed by atoms with Crippen LogP contribution in [0, 0.1) is 0 Å². The van der Waals surface area contributed by atoms with Gasteiger partial charge in [-0.1, -0.05) is 0 Å². The van der Waals surface area contributed by atoms with E-state index in [0.717, 1.165) is 0 Å². The van der Waals surface area contributed by atoms with Gasteiger partial charge < -0.3 is 11.1 Å². The van der Waals surface area contributed by atoms with Gasteiger partial charge in [0.25, 0.3) is 5.91 Å². The minimum atomic E-state index is -0.0615. The van der Waals surface area contributed by atoms with Crippen LogP contribution >= 0.6 is 11.3 Å². The molecular weight excluding hydrogens is 234 g/mol. The molecule has 4 nitrogen and oxygen atoms in total. The second-order valence-electron chi connectivity index (χ2n) is 4.66. The summed E-state index contributed by atoms with van der Waals surface area (Å²) >= 11 is 1.39. The standard InChI is InChI=1S/C12H19N3OS/c1-8(15(2)9-3-4-9)7-14-12(16)11-10(13)5-6-17-11/h5-6,8-9H,3-4,7,13H2,1-2H3,(H,14,16). The molecule has 1 amide bonds. The van der Waals surface area contributed by atoms with Crippen molar-refractivity contribution in [3.63, 3.8) is 0 Å². The van der Waals surface area contributed by atoms with Gasteiger partial charge >= 0.3 is 0 Å². The van der Waals surface area contributed by atoms with E-state index < -0.39 is 0 Å². The van der Waals surface area contributed by atoms with Crippen LogP contribution in [0.1, 0.15) is 29.4 Å². The lowest BCUT2D eigenvalue weighted by Gasteiger charge is -2.24. The van der Waals surface area contributed by atoms with E-state index in [1.54, 1.807) is 6.07 Å². The van der Waals surface area contributed by atoms with E-state index >= 15 is 0 Å². The number of hydrogen-bond donors (Lipinski definition) is 2. The summed E-state index contributed by atoms with van der Waals surface area (Å²) in [5.74, 6) is -0.0615. The molecule has 0 spiro atoms. The number of thiophene rings is 1. The summed E-state index contributed by atoms with van der Waals surface area (Å²) in [5, 5.41) is 4.78. The Bertz CT molecular complexity index is 400. The molecule has 1 saturated carbocycles. The third-order valence-corrected chi connectivity index (χ3v) is 4.21. The molecule has 1 atom stereocenters. The van der Waals surface area contributed by atoms with Crippen LogP contribution in [-0.4, -0.2) is 36.5 Å². The second kappa shape index (κ2) is 5.06. The molecule has 94 valence electrons. The number of carbonyl (C=O) groups excluding carboxylic acids is 1. The molecular formula is C12H19N3OS. The Morgan fingerprint density at radius 1 is 1.71 bits per heavy atom. The van der Waals surface area contributed by atoms with Crippen LogP contribution < -0.4 is 11.1 Å². The number of nitrogens with one attached hydrogen (secondary N) is 1. The van der Waals surface area contributed by atoms with E-state index in [1.165, 1.54) is 24.2 Å². The SMILES string of the molecule is CC(CNC(=O)c1sccc1N)N(C)C1CC1. The largest absolute Gasteiger partial charge is 0.397 e. The van der Waals surface area contributed by atoms with Crippen LogP contribution in [0.3, 0.4) is 0 Å². The minimum absolute atomic E-state index is 0.0615. The Morgan fingerprint density at radius 3 is 2.94 bits per heavy atom. The van der Waals surface area contributed by atoms with Gasteiger partial charge in [0.2, 0.25) is 0 Å². The quantitative estimate of drug-likeness (QED) is 0.837. The number of amides is 1. The van der Waals surface area contributed by atoms with E-state index in [0.29, 0.717) is 29.2 Å². The molecule has 0 aromatic carbocycles. The first-order valence-electron chi connectivity index (χ1n) is 5.92. The highest BCUT2D eigenvalue weighted by atomic mass is 32.1. The molecule has 0 bridgehead atoms. The van der Waals surface area contributed by atoms with Crippen molar-refractivity contribution in [1.82, 2.24) is 10.2 Å². The average molecular weight is 253 g/mol. The number of nitrogens with zero attached hydrogens (tertiary/aromatic N) is 1. The molecule has 1 aliphatic rings. The topological polar surface area (TPSA) is 58.4 Å². The fourth-order valence-corrected chi connectivity index (χ4v) is 2.54. The molecule has 2 rings (SSSR count). The maximum absolute atomic E-state index is 11.8. The predicted octanol–water partition coefficient (Wildman–Crippen LogP) is 1.54. The van der Waals surface area contributed by atoms with E-state index in [-0.39, 0.29) is 5.91 Å². The van der Waals surface area contributed by atoms with Crippen molar-refractivity contribution in [1.29, 1.82) is 0 Å². The first kappa shape index (κ1) is 12.4. The van der Waals surface area contributed by atoms with Crippen LogP contribution in [0.15, 0.2) is 11.4 Å². The normalized spacial score (nSPS) is 17.1. The Morgan fingerprint density at radius 2 is 2.41 bits per heavy atom. The summed E-state index contributed by atoms with van der Waals surface area (Å²) in [6, 6.07) is 2.85. The highest BCUT2D eigenvalue weighted by Gasteiger charge is 2.29. The smallest absolute Gasteiger partial charge is 0.263 e. The van der Waals surface area contributed by atoms with Crippen molar-refractivity contribution < 1.29 is 4.79 Å². The highest BCUT2D eigenvalue weighted by molar-refractivity contribution is 7.12. The van der Waals surface area contributed by atoms with Gasteiger partial charge in [-0.15, -0.1) is 11.3 Å². The number of hydrogen-bond acceptors (Lipinski definition) is 4. The van der Waals surface area contributed by atoms with Gasteiger partial charge in [0.05, 0.1) is 5.69 Å². The molecule has 0 radical (unpaired) electrons. The fraction of sp³-hybridized carbons (Fsp3) is 0.583. The number of likely N-dealkylation sites (N-methyl/N-ethyl adjacent to an activating group) is 1. The predicted molar refractivity (Wildman–Crippen MR) is 71.3 cm³/mol. The monoisotopic (exact) mass is 253 g/mol. The number of nitrogen functional groups attached to an aromatic ring is 1. The van der Waals surface area contributed by atoms with Gasteiger partial charge in [-0.25, -0.2) is 0 Å². The Hall–Kier alpha value is -1.07. The molecule has 17 heavy (non-hydrogen) atoms. The summed E-state index contributed by atoms with van der Waals surface area (Å²) in [7, 11) is 2.12. The fourth-order valence-electron chi connectivity index (χ4n) is 1.81. The lowest BCUT2D eigenvalue weighted by Crippen LogP contribution is -2.41. The van der Waals surface area contributed by atoms with Crippen molar-refractivity contribution in [2.75, 3.05) is 19.3 Å². The third kappa shape index (κ3) is 2.98. The molecule has 1 fully saturated rings. The van der Waals surface area contributed by atoms with Crippen molar-refractivity contribution in [3.8, 4) is 0 Å². The van der Waals surface area contributed by atoms with Crippen LogP contribution in [-0.2, 0) is 0 Å². The maximum Gasteiger partial charge on any atom is 0.263 e. The third-order valence-electron chi connectivity index (χ3n) is 3.28.